The maximum absolute atomic E-state index is 12.6. The number of carbonyl (C=O) groups excluding carboxylic acids is 3. The number of nitrogens with zero attached hydrogens (tertiary/aromatic N) is 3. The molecule has 1 saturated heterocycles. The molecule has 0 spiro atoms. The summed E-state index contributed by atoms with van der Waals surface area (Å²) in [6.45, 7) is -0.478. The van der Waals surface area contributed by atoms with E-state index < -0.39 is 33.6 Å². The largest absolute Gasteiger partial charge is 0.480 e. The maximum atomic E-state index is 12.6. The van der Waals surface area contributed by atoms with Gasteiger partial charge in [0.15, 0.2) is 5.82 Å². The van der Waals surface area contributed by atoms with Crippen LogP contribution in [0.1, 0.15) is 5.56 Å². The average Bonchev–Trinajstić information content (AvgIpc) is 3.12. The van der Waals surface area contributed by atoms with E-state index in [0.717, 1.165) is 22.2 Å². The number of imide groups is 1. The molecular formula is C23H19N5O6S2. The molecular weight excluding hydrogens is 506 g/mol. The molecule has 36 heavy (non-hydrogen) atoms. The molecule has 2 N–H and O–H groups in total. The molecule has 1 aliphatic rings. The minimum atomic E-state index is -3.96. The zero-order chi connectivity index (χ0) is 25.7. The molecule has 1 aliphatic heterocycles. The van der Waals surface area contributed by atoms with Crippen LogP contribution in [0.25, 0.3) is 6.08 Å². The summed E-state index contributed by atoms with van der Waals surface area (Å²) in [7, 11) is -2.54. The minimum Gasteiger partial charge on any atom is -0.480 e. The Labute approximate surface area is 210 Å². The average molecular weight is 526 g/mol. The quantitative estimate of drug-likeness (QED) is 0.424. The Bertz CT molecular complexity index is 1430. The summed E-state index contributed by atoms with van der Waals surface area (Å²) in [4.78, 5) is 38.3. The number of rotatable bonds is 8. The SMILES string of the molecule is COc1ccc(NS(=O)(=O)c2ccc(NC(=O)CN3C(=O)S/C(=C\c4ccccc4)C3=O)cc2)nn1. The van der Waals surface area contributed by atoms with E-state index in [4.69, 9.17) is 4.74 Å². The van der Waals surface area contributed by atoms with Gasteiger partial charge in [-0.3, -0.25) is 24.0 Å². The van der Waals surface area contributed by atoms with Crippen molar-refractivity contribution < 1.29 is 27.5 Å². The van der Waals surface area contributed by atoms with Gasteiger partial charge in [-0.05, 0) is 53.7 Å². The molecule has 3 aromatic rings. The van der Waals surface area contributed by atoms with Gasteiger partial charge in [0, 0.05) is 11.8 Å². The first-order valence-electron chi connectivity index (χ1n) is 10.4. The molecule has 0 unspecified atom stereocenters. The van der Waals surface area contributed by atoms with E-state index in [1.54, 1.807) is 18.2 Å². The Hall–Kier alpha value is -4.23. The highest BCUT2D eigenvalue weighted by atomic mass is 32.2. The van der Waals surface area contributed by atoms with Crippen molar-refractivity contribution in [2.45, 2.75) is 4.90 Å². The van der Waals surface area contributed by atoms with Crippen molar-refractivity contribution in [1.82, 2.24) is 15.1 Å². The number of anilines is 2. The minimum absolute atomic E-state index is 0.00619. The van der Waals surface area contributed by atoms with Crippen LogP contribution in [0.3, 0.4) is 0 Å². The van der Waals surface area contributed by atoms with Gasteiger partial charge in [-0.25, -0.2) is 8.42 Å². The van der Waals surface area contributed by atoms with E-state index in [0.29, 0.717) is 0 Å². The number of methoxy groups -OCH3 is 1. The number of sulfonamides is 1. The molecule has 3 amide bonds. The smallest absolute Gasteiger partial charge is 0.294 e. The van der Waals surface area contributed by atoms with E-state index in [9.17, 15) is 22.8 Å². The molecule has 0 radical (unpaired) electrons. The van der Waals surface area contributed by atoms with Gasteiger partial charge in [-0.1, -0.05) is 30.3 Å². The highest BCUT2D eigenvalue weighted by Gasteiger charge is 2.36. The highest BCUT2D eigenvalue weighted by Crippen LogP contribution is 2.32. The van der Waals surface area contributed by atoms with Crippen molar-refractivity contribution in [2.75, 3.05) is 23.7 Å². The predicted octanol–water partition coefficient (Wildman–Crippen LogP) is 2.96. The van der Waals surface area contributed by atoms with Gasteiger partial charge >= 0.3 is 0 Å². The van der Waals surface area contributed by atoms with Crippen LogP contribution in [0, 0.1) is 0 Å². The zero-order valence-corrected chi connectivity index (χ0v) is 20.4. The molecule has 13 heteroatoms. The first-order valence-corrected chi connectivity index (χ1v) is 12.7. The molecule has 184 valence electrons. The Morgan fingerprint density at radius 1 is 1.03 bits per heavy atom. The van der Waals surface area contributed by atoms with E-state index in [1.165, 1.54) is 43.5 Å². The summed E-state index contributed by atoms with van der Waals surface area (Å²) in [5, 5.41) is 9.42. The fourth-order valence-electron chi connectivity index (χ4n) is 3.08. The van der Waals surface area contributed by atoms with Crippen molar-refractivity contribution in [3.8, 4) is 5.88 Å². The Balaban J connectivity index is 1.37. The van der Waals surface area contributed by atoms with Gasteiger partial charge < -0.3 is 10.1 Å². The number of amides is 3. The monoisotopic (exact) mass is 525 g/mol. The summed E-state index contributed by atoms with van der Waals surface area (Å²) in [5.74, 6) is -0.928. The fraction of sp³-hybridized carbons (Fsp3) is 0.0870. The molecule has 0 atom stereocenters. The summed E-state index contributed by atoms with van der Waals surface area (Å²) < 4.78 is 32.3. The van der Waals surface area contributed by atoms with Crippen LogP contribution in [0.5, 0.6) is 5.88 Å². The van der Waals surface area contributed by atoms with E-state index in [-0.39, 0.29) is 27.2 Å². The van der Waals surface area contributed by atoms with Gasteiger partial charge in [0.25, 0.3) is 21.2 Å². The van der Waals surface area contributed by atoms with Gasteiger partial charge in [-0.2, -0.15) is 0 Å². The molecule has 0 saturated carbocycles. The third-order valence-electron chi connectivity index (χ3n) is 4.81. The summed E-state index contributed by atoms with van der Waals surface area (Å²) in [5.41, 5.74) is 1.05. The summed E-state index contributed by atoms with van der Waals surface area (Å²) >= 11 is 0.761. The second-order valence-electron chi connectivity index (χ2n) is 7.32. The van der Waals surface area contributed by atoms with E-state index in [1.807, 2.05) is 18.2 Å². The fourth-order valence-corrected chi connectivity index (χ4v) is 4.91. The zero-order valence-electron chi connectivity index (χ0n) is 18.7. The predicted molar refractivity (Wildman–Crippen MR) is 134 cm³/mol. The van der Waals surface area contributed by atoms with Crippen LogP contribution >= 0.6 is 11.8 Å². The van der Waals surface area contributed by atoms with Gasteiger partial charge in [0.2, 0.25) is 11.8 Å². The molecule has 2 heterocycles. The maximum Gasteiger partial charge on any atom is 0.294 e. The lowest BCUT2D eigenvalue weighted by Crippen LogP contribution is -2.36. The van der Waals surface area contributed by atoms with E-state index in [2.05, 4.69) is 20.2 Å². The summed E-state index contributed by atoms with van der Waals surface area (Å²) in [6.07, 6.45) is 1.59. The van der Waals surface area contributed by atoms with Crippen LogP contribution in [-0.2, 0) is 19.6 Å². The summed E-state index contributed by atoms with van der Waals surface area (Å²) in [6, 6.07) is 17.2. The normalized spacial score (nSPS) is 14.7. The van der Waals surface area contributed by atoms with E-state index >= 15 is 0 Å². The highest BCUT2D eigenvalue weighted by molar-refractivity contribution is 8.18. The Kier molecular flexibility index (Phi) is 7.31. The van der Waals surface area contributed by atoms with Crippen molar-refractivity contribution in [3.63, 3.8) is 0 Å². The Morgan fingerprint density at radius 3 is 2.39 bits per heavy atom. The van der Waals surface area contributed by atoms with Gasteiger partial charge in [0.1, 0.15) is 6.54 Å². The molecule has 11 nitrogen and oxygen atoms in total. The van der Waals surface area contributed by atoms with Crippen LogP contribution in [0.4, 0.5) is 16.3 Å². The molecule has 1 aromatic heterocycles. The van der Waals surface area contributed by atoms with Crippen LogP contribution in [0.15, 0.2) is 76.5 Å². The number of ether oxygens (including phenoxy) is 1. The number of benzene rings is 2. The molecule has 0 aliphatic carbocycles. The van der Waals surface area contributed by atoms with Crippen LogP contribution in [0.2, 0.25) is 0 Å². The van der Waals surface area contributed by atoms with Gasteiger partial charge in [-0.15, -0.1) is 10.2 Å². The lowest BCUT2D eigenvalue weighted by Gasteiger charge is -2.13. The lowest BCUT2D eigenvalue weighted by atomic mass is 10.2. The van der Waals surface area contributed by atoms with Crippen LogP contribution < -0.4 is 14.8 Å². The second kappa shape index (κ2) is 10.6. The number of aromatic nitrogens is 2. The van der Waals surface area contributed by atoms with Crippen LogP contribution in [-0.4, -0.2) is 54.2 Å². The van der Waals surface area contributed by atoms with Crippen molar-refractivity contribution >= 4 is 56.4 Å². The molecule has 0 bridgehead atoms. The third-order valence-corrected chi connectivity index (χ3v) is 7.09. The number of hydrogen-bond acceptors (Lipinski definition) is 9. The lowest BCUT2D eigenvalue weighted by molar-refractivity contribution is -0.127. The van der Waals surface area contributed by atoms with Crippen molar-refractivity contribution in [3.05, 3.63) is 77.2 Å². The molecule has 4 rings (SSSR count). The first kappa shape index (κ1) is 24.9. The van der Waals surface area contributed by atoms with Crippen molar-refractivity contribution in [2.24, 2.45) is 0 Å². The molecule has 1 fully saturated rings. The topological polar surface area (TPSA) is 148 Å². The number of carbonyl (C=O) groups is 3. The number of hydrogen-bond donors (Lipinski definition) is 2. The third kappa shape index (κ3) is 5.87. The van der Waals surface area contributed by atoms with Crippen molar-refractivity contribution in [1.29, 1.82) is 0 Å². The molecule has 2 aromatic carbocycles. The van der Waals surface area contributed by atoms with Gasteiger partial charge in [0.05, 0.1) is 16.9 Å². The number of nitrogens with one attached hydrogen (secondary N) is 2. The Morgan fingerprint density at radius 2 is 1.75 bits per heavy atom. The second-order valence-corrected chi connectivity index (χ2v) is 9.99. The first-order chi connectivity index (χ1) is 17.2. The number of thioether (sulfide) groups is 1. The standard InChI is InChI=1S/C23H19N5O6S2/c1-34-21-12-11-19(25-26-21)27-36(32,33)17-9-7-16(8-10-17)24-20(29)14-28-22(30)18(35-23(28)31)13-15-5-3-2-4-6-15/h2-13H,14H2,1H3,(H,24,29)(H,25,27)/b18-13-.